The van der Waals surface area contributed by atoms with Gasteiger partial charge in [0.1, 0.15) is 12.1 Å². The van der Waals surface area contributed by atoms with E-state index in [0.29, 0.717) is 45.2 Å². The van der Waals surface area contributed by atoms with Gasteiger partial charge in [-0.05, 0) is 49.8 Å². The van der Waals surface area contributed by atoms with Gasteiger partial charge < -0.3 is 10.6 Å². The standard InChI is InChI=1S/C21H22Cl2N4O3S/c1-2-12-5-7-21(8-6-12)18(29)27(20(30)26-21)10-17(28)25-19-24-16(11-31-19)14-9-13(22)3-4-15(14)23/h3-4,9,11-12H,2,5-8,10H2,1H3,(H,26,30)(H,24,25,28). The molecule has 1 saturated heterocycles. The van der Waals surface area contributed by atoms with Crippen LogP contribution < -0.4 is 10.6 Å². The molecule has 2 N–H and O–H groups in total. The van der Waals surface area contributed by atoms with E-state index in [-0.39, 0.29) is 12.5 Å². The van der Waals surface area contributed by atoms with Gasteiger partial charge in [0, 0.05) is 16.0 Å². The lowest BCUT2D eigenvalue weighted by Crippen LogP contribution is -2.49. The summed E-state index contributed by atoms with van der Waals surface area (Å²) in [6.07, 6.45) is 4.10. The third-order valence-electron chi connectivity index (χ3n) is 6.04. The molecule has 10 heteroatoms. The Balaban J connectivity index is 1.40. The van der Waals surface area contributed by atoms with E-state index in [1.165, 1.54) is 11.3 Å². The number of rotatable bonds is 5. The van der Waals surface area contributed by atoms with Crippen LogP contribution in [0, 0.1) is 5.92 Å². The van der Waals surface area contributed by atoms with Gasteiger partial charge in [0.05, 0.1) is 10.7 Å². The van der Waals surface area contributed by atoms with E-state index in [0.717, 1.165) is 24.2 Å². The molecule has 4 rings (SSSR count). The molecule has 1 spiro atoms. The molecule has 7 nitrogen and oxygen atoms in total. The van der Waals surface area contributed by atoms with Gasteiger partial charge in [-0.25, -0.2) is 9.78 Å². The molecule has 4 amide bonds. The van der Waals surface area contributed by atoms with Crippen LogP contribution in [0.1, 0.15) is 39.0 Å². The first-order valence-corrected chi connectivity index (χ1v) is 11.8. The van der Waals surface area contributed by atoms with Gasteiger partial charge in [0.15, 0.2) is 5.13 Å². The number of urea groups is 1. The molecule has 0 bridgehead atoms. The minimum atomic E-state index is -0.860. The Hall–Kier alpha value is -2.16. The Bertz CT molecular complexity index is 1030. The number of hydrogen-bond donors (Lipinski definition) is 2. The van der Waals surface area contributed by atoms with Crippen molar-refractivity contribution in [3.63, 3.8) is 0 Å². The van der Waals surface area contributed by atoms with Gasteiger partial charge in [-0.3, -0.25) is 14.5 Å². The number of nitrogens with zero attached hydrogens (tertiary/aromatic N) is 2. The maximum absolute atomic E-state index is 13.0. The summed E-state index contributed by atoms with van der Waals surface area (Å²) in [5.41, 5.74) is 0.375. The second-order valence-electron chi connectivity index (χ2n) is 7.97. The first-order valence-electron chi connectivity index (χ1n) is 10.2. The molecular formula is C21H22Cl2N4O3S. The van der Waals surface area contributed by atoms with Gasteiger partial charge in [-0.15, -0.1) is 11.3 Å². The molecule has 1 saturated carbocycles. The lowest BCUT2D eigenvalue weighted by molar-refractivity contribution is -0.135. The summed E-state index contributed by atoms with van der Waals surface area (Å²) in [7, 11) is 0. The summed E-state index contributed by atoms with van der Waals surface area (Å²) in [5.74, 6) is -0.214. The zero-order chi connectivity index (χ0) is 22.2. The van der Waals surface area contributed by atoms with Crippen molar-refractivity contribution in [2.75, 3.05) is 11.9 Å². The summed E-state index contributed by atoms with van der Waals surface area (Å²) in [6, 6.07) is 4.55. The largest absolute Gasteiger partial charge is 0.325 e. The average molecular weight is 481 g/mol. The molecule has 31 heavy (non-hydrogen) atoms. The molecule has 1 aliphatic heterocycles. The van der Waals surface area contributed by atoms with E-state index < -0.39 is 17.5 Å². The van der Waals surface area contributed by atoms with Crippen LogP contribution in [-0.2, 0) is 9.59 Å². The van der Waals surface area contributed by atoms with Crippen LogP contribution in [0.25, 0.3) is 11.3 Å². The number of imide groups is 1. The Morgan fingerprint density at radius 2 is 2.06 bits per heavy atom. The number of carbonyl (C=O) groups is 3. The molecule has 2 aromatic rings. The van der Waals surface area contributed by atoms with Crippen LogP contribution in [0.4, 0.5) is 9.93 Å². The molecule has 0 radical (unpaired) electrons. The van der Waals surface area contributed by atoms with Gasteiger partial charge in [0.25, 0.3) is 5.91 Å². The van der Waals surface area contributed by atoms with Crippen LogP contribution in [-0.4, -0.2) is 39.8 Å². The molecule has 2 aliphatic rings. The van der Waals surface area contributed by atoms with Crippen LogP contribution in [0.5, 0.6) is 0 Å². The highest BCUT2D eigenvalue weighted by atomic mass is 35.5. The Morgan fingerprint density at radius 3 is 2.77 bits per heavy atom. The van der Waals surface area contributed by atoms with Crippen molar-refractivity contribution in [3.05, 3.63) is 33.6 Å². The highest BCUT2D eigenvalue weighted by Crippen LogP contribution is 2.37. The Kier molecular flexibility index (Phi) is 6.23. The van der Waals surface area contributed by atoms with Gasteiger partial charge in [0.2, 0.25) is 5.91 Å². The minimum Gasteiger partial charge on any atom is -0.323 e. The van der Waals surface area contributed by atoms with E-state index >= 15 is 0 Å². The maximum atomic E-state index is 13.0. The number of halogens is 2. The lowest BCUT2D eigenvalue weighted by atomic mass is 9.75. The third kappa shape index (κ3) is 4.42. The number of thiazole rings is 1. The van der Waals surface area contributed by atoms with E-state index in [2.05, 4.69) is 22.5 Å². The third-order valence-corrected chi connectivity index (χ3v) is 7.36. The van der Waals surface area contributed by atoms with Crippen molar-refractivity contribution in [1.82, 2.24) is 15.2 Å². The van der Waals surface area contributed by atoms with E-state index in [4.69, 9.17) is 23.2 Å². The number of carbonyl (C=O) groups excluding carboxylic acids is 3. The fraction of sp³-hybridized carbons (Fsp3) is 0.429. The smallest absolute Gasteiger partial charge is 0.323 e. The lowest BCUT2D eigenvalue weighted by Gasteiger charge is -2.34. The Labute approximate surface area is 194 Å². The molecule has 1 aliphatic carbocycles. The van der Waals surface area contributed by atoms with Crippen molar-refractivity contribution in [3.8, 4) is 11.3 Å². The number of hydrogen-bond acceptors (Lipinski definition) is 5. The molecule has 1 aromatic carbocycles. The zero-order valence-corrected chi connectivity index (χ0v) is 19.2. The van der Waals surface area contributed by atoms with Crippen LogP contribution in [0.2, 0.25) is 10.0 Å². The normalized spacial score (nSPS) is 23.3. The van der Waals surface area contributed by atoms with Crippen LogP contribution in [0.15, 0.2) is 23.6 Å². The minimum absolute atomic E-state index is 0.312. The van der Waals surface area contributed by atoms with Crippen molar-refractivity contribution in [2.45, 2.75) is 44.6 Å². The van der Waals surface area contributed by atoms with Crippen LogP contribution >= 0.6 is 34.5 Å². The zero-order valence-electron chi connectivity index (χ0n) is 16.9. The van der Waals surface area contributed by atoms with Crippen molar-refractivity contribution in [1.29, 1.82) is 0 Å². The number of nitrogens with one attached hydrogen (secondary N) is 2. The fourth-order valence-corrected chi connectivity index (χ4v) is 5.30. The van der Waals surface area contributed by atoms with Gasteiger partial charge >= 0.3 is 6.03 Å². The second-order valence-corrected chi connectivity index (χ2v) is 9.67. The highest BCUT2D eigenvalue weighted by Gasteiger charge is 2.52. The quantitative estimate of drug-likeness (QED) is 0.592. The number of amides is 4. The maximum Gasteiger partial charge on any atom is 0.325 e. The summed E-state index contributed by atoms with van der Waals surface area (Å²) in [4.78, 5) is 43.3. The average Bonchev–Trinajstić information content (AvgIpc) is 3.29. The summed E-state index contributed by atoms with van der Waals surface area (Å²) < 4.78 is 0. The Morgan fingerprint density at radius 1 is 1.32 bits per heavy atom. The first-order chi connectivity index (χ1) is 14.8. The molecule has 0 atom stereocenters. The monoisotopic (exact) mass is 480 g/mol. The highest BCUT2D eigenvalue weighted by molar-refractivity contribution is 7.14. The molecule has 1 aromatic heterocycles. The molecule has 164 valence electrons. The summed E-state index contributed by atoms with van der Waals surface area (Å²) in [6.45, 7) is 1.79. The van der Waals surface area contributed by atoms with E-state index in [1.54, 1.807) is 23.6 Å². The van der Waals surface area contributed by atoms with Crippen molar-refractivity contribution in [2.24, 2.45) is 5.92 Å². The summed E-state index contributed by atoms with van der Waals surface area (Å²) in [5, 5.41) is 8.62. The van der Waals surface area contributed by atoms with Crippen molar-refractivity contribution < 1.29 is 14.4 Å². The summed E-state index contributed by atoms with van der Waals surface area (Å²) >= 11 is 13.5. The number of anilines is 1. The van der Waals surface area contributed by atoms with Gasteiger partial charge in [-0.2, -0.15) is 0 Å². The SMILES string of the molecule is CCC1CCC2(CC1)NC(=O)N(CC(=O)Nc1nc(-c3cc(Cl)ccc3Cl)cs1)C2=O. The topological polar surface area (TPSA) is 91.4 Å². The first kappa shape index (κ1) is 22.0. The van der Waals surface area contributed by atoms with E-state index in [9.17, 15) is 14.4 Å². The fourth-order valence-electron chi connectivity index (χ4n) is 4.19. The van der Waals surface area contributed by atoms with E-state index in [1.807, 2.05) is 0 Å². The predicted octanol–water partition coefficient (Wildman–Crippen LogP) is 4.95. The van der Waals surface area contributed by atoms with Crippen LogP contribution in [0.3, 0.4) is 0 Å². The molecule has 0 unspecified atom stereocenters. The van der Waals surface area contributed by atoms with Gasteiger partial charge in [-0.1, -0.05) is 36.5 Å². The second kappa shape index (κ2) is 8.76. The van der Waals surface area contributed by atoms with Crippen molar-refractivity contribution >= 4 is 57.5 Å². The molecular weight excluding hydrogens is 459 g/mol. The molecule has 2 fully saturated rings. The number of aromatic nitrogens is 1. The molecule has 2 heterocycles. The number of benzene rings is 1. The predicted molar refractivity (Wildman–Crippen MR) is 121 cm³/mol.